The van der Waals surface area contributed by atoms with Gasteiger partial charge in [-0.05, 0) is 18.6 Å². The van der Waals surface area contributed by atoms with Gasteiger partial charge in [0.1, 0.15) is 11.8 Å². The molecule has 0 bridgehead atoms. The molecular weight excluding hydrogens is 278 g/mol. The van der Waals surface area contributed by atoms with Crippen LogP contribution < -0.4 is 10.1 Å². The van der Waals surface area contributed by atoms with Crippen LogP contribution in [0.5, 0.6) is 5.75 Å². The summed E-state index contributed by atoms with van der Waals surface area (Å²) in [7, 11) is 2.63. The highest BCUT2D eigenvalue weighted by molar-refractivity contribution is 5.99. The van der Waals surface area contributed by atoms with Crippen LogP contribution in [-0.4, -0.2) is 43.2 Å². The lowest BCUT2D eigenvalue weighted by molar-refractivity contribution is -0.142. The van der Waals surface area contributed by atoms with E-state index in [-0.39, 0.29) is 18.4 Å². The fourth-order valence-corrected chi connectivity index (χ4v) is 1.69. The van der Waals surface area contributed by atoms with E-state index >= 15 is 0 Å². The van der Waals surface area contributed by atoms with Gasteiger partial charge in [0.2, 0.25) is 0 Å². The molecule has 1 aromatic rings. The fraction of sp³-hybridized carbons (Fsp3) is 0.357. The smallest absolute Gasteiger partial charge is 0.326 e. The Balaban J connectivity index is 2.76. The molecule has 0 saturated carbocycles. The summed E-state index contributed by atoms with van der Waals surface area (Å²) in [5, 5.41) is 11.4. The molecule has 0 aliphatic heterocycles. The molecule has 2 N–H and O–H groups in total. The molecule has 1 rings (SSSR count). The van der Waals surface area contributed by atoms with Crippen molar-refractivity contribution in [3.8, 4) is 5.75 Å². The zero-order chi connectivity index (χ0) is 15.8. The number of carboxylic acid groups (broad SMARTS) is 1. The van der Waals surface area contributed by atoms with E-state index in [1.165, 1.54) is 20.3 Å². The molecule has 114 valence electrons. The van der Waals surface area contributed by atoms with Crippen molar-refractivity contribution in [1.82, 2.24) is 5.32 Å². The Morgan fingerprint density at radius 2 is 1.90 bits per heavy atom. The second kappa shape index (κ2) is 7.88. The summed E-state index contributed by atoms with van der Waals surface area (Å²) in [6, 6.07) is 5.27. The second-order valence-corrected chi connectivity index (χ2v) is 4.18. The number of methoxy groups -OCH3 is 2. The van der Waals surface area contributed by atoms with Crippen LogP contribution >= 0.6 is 0 Å². The van der Waals surface area contributed by atoms with Gasteiger partial charge in [-0.2, -0.15) is 0 Å². The first-order chi connectivity index (χ1) is 9.99. The minimum atomic E-state index is -1.22. The van der Waals surface area contributed by atoms with Crippen molar-refractivity contribution in [2.24, 2.45) is 0 Å². The van der Waals surface area contributed by atoms with E-state index < -0.39 is 23.9 Å². The molecule has 21 heavy (non-hydrogen) atoms. The van der Waals surface area contributed by atoms with Crippen LogP contribution in [0.4, 0.5) is 0 Å². The van der Waals surface area contributed by atoms with Crippen LogP contribution in [0, 0.1) is 0 Å². The number of rotatable bonds is 7. The Labute approximate surface area is 121 Å². The van der Waals surface area contributed by atoms with Gasteiger partial charge in [0.05, 0.1) is 19.8 Å². The molecule has 7 nitrogen and oxygen atoms in total. The Morgan fingerprint density at radius 3 is 2.48 bits per heavy atom. The molecule has 0 radical (unpaired) electrons. The van der Waals surface area contributed by atoms with E-state index in [0.29, 0.717) is 5.75 Å². The van der Waals surface area contributed by atoms with Crippen LogP contribution in [0.15, 0.2) is 24.3 Å². The molecule has 0 unspecified atom stereocenters. The zero-order valence-corrected chi connectivity index (χ0v) is 11.8. The summed E-state index contributed by atoms with van der Waals surface area (Å²) in [5.74, 6) is -1.99. The Bertz CT molecular complexity index is 528. The molecule has 0 spiro atoms. The minimum absolute atomic E-state index is 0.0527. The third-order valence-electron chi connectivity index (χ3n) is 2.82. The molecule has 7 heteroatoms. The molecule has 0 aliphatic carbocycles. The van der Waals surface area contributed by atoms with Gasteiger partial charge in [0, 0.05) is 6.42 Å². The van der Waals surface area contributed by atoms with Crippen LogP contribution in [0.25, 0.3) is 0 Å². The Hall–Kier alpha value is -2.57. The average molecular weight is 295 g/mol. The van der Waals surface area contributed by atoms with Gasteiger partial charge >= 0.3 is 11.9 Å². The van der Waals surface area contributed by atoms with E-state index in [2.05, 4.69) is 10.1 Å². The maximum absolute atomic E-state index is 12.1. The number of nitrogens with one attached hydrogen (secondary N) is 1. The maximum atomic E-state index is 12.1. The maximum Gasteiger partial charge on any atom is 0.326 e. The van der Waals surface area contributed by atoms with Crippen molar-refractivity contribution in [2.45, 2.75) is 18.9 Å². The van der Waals surface area contributed by atoms with Gasteiger partial charge < -0.3 is 19.9 Å². The summed E-state index contributed by atoms with van der Waals surface area (Å²) in [6.45, 7) is 0. The van der Waals surface area contributed by atoms with Crippen molar-refractivity contribution in [3.63, 3.8) is 0 Å². The first kappa shape index (κ1) is 16.5. The lowest BCUT2D eigenvalue weighted by Crippen LogP contribution is -2.41. The van der Waals surface area contributed by atoms with Crippen LogP contribution in [0.3, 0.4) is 0 Å². The van der Waals surface area contributed by atoms with Gasteiger partial charge in [-0.15, -0.1) is 0 Å². The van der Waals surface area contributed by atoms with Gasteiger partial charge in [0.15, 0.2) is 0 Å². The summed E-state index contributed by atoms with van der Waals surface area (Å²) in [5.41, 5.74) is 0.226. The highest BCUT2D eigenvalue weighted by Crippen LogP contribution is 2.17. The molecule has 0 fully saturated rings. The van der Waals surface area contributed by atoms with Crippen LogP contribution in [0.2, 0.25) is 0 Å². The molecule has 1 atom stereocenters. The molecule has 0 heterocycles. The number of para-hydroxylation sites is 1. The summed E-state index contributed by atoms with van der Waals surface area (Å²) in [4.78, 5) is 34.3. The van der Waals surface area contributed by atoms with Crippen molar-refractivity contribution in [2.75, 3.05) is 14.2 Å². The van der Waals surface area contributed by atoms with Crippen molar-refractivity contribution in [3.05, 3.63) is 29.8 Å². The first-order valence-electron chi connectivity index (χ1n) is 6.23. The van der Waals surface area contributed by atoms with Crippen LogP contribution in [0.1, 0.15) is 23.2 Å². The quantitative estimate of drug-likeness (QED) is 0.722. The standard InChI is InChI=1S/C14H17NO6/c1-20-11-6-4-3-5-9(11)13(17)15-10(14(18)19)7-8-12(16)21-2/h3-6,10H,7-8H2,1-2H3,(H,15,17)(H,18,19)/t10-/m1/s1. The number of esters is 1. The van der Waals surface area contributed by atoms with Gasteiger partial charge in [-0.3, -0.25) is 9.59 Å². The predicted molar refractivity (Wildman–Crippen MR) is 73.1 cm³/mol. The molecule has 1 aromatic carbocycles. The first-order valence-corrected chi connectivity index (χ1v) is 6.23. The molecule has 1 amide bonds. The number of carbonyl (C=O) groups is 3. The van der Waals surface area contributed by atoms with Crippen LogP contribution in [-0.2, 0) is 14.3 Å². The van der Waals surface area contributed by atoms with E-state index in [0.717, 1.165) is 0 Å². The number of aliphatic carboxylic acids is 1. The molecular formula is C14H17NO6. The van der Waals surface area contributed by atoms with Crippen molar-refractivity contribution >= 4 is 17.8 Å². The lowest BCUT2D eigenvalue weighted by atomic mass is 10.1. The highest BCUT2D eigenvalue weighted by atomic mass is 16.5. The Morgan fingerprint density at radius 1 is 1.24 bits per heavy atom. The van der Waals surface area contributed by atoms with Crippen molar-refractivity contribution in [1.29, 1.82) is 0 Å². The average Bonchev–Trinajstić information content (AvgIpc) is 2.50. The topological polar surface area (TPSA) is 102 Å². The van der Waals surface area contributed by atoms with E-state index in [4.69, 9.17) is 9.84 Å². The highest BCUT2D eigenvalue weighted by Gasteiger charge is 2.23. The van der Waals surface area contributed by atoms with E-state index in [1.807, 2.05) is 0 Å². The second-order valence-electron chi connectivity index (χ2n) is 4.18. The SMILES string of the molecule is COC(=O)CC[C@@H](NC(=O)c1ccccc1OC)C(=O)O. The number of carboxylic acids is 1. The van der Waals surface area contributed by atoms with Gasteiger partial charge in [-0.25, -0.2) is 4.79 Å². The molecule has 0 aliphatic rings. The predicted octanol–water partition coefficient (Wildman–Crippen LogP) is 0.831. The van der Waals surface area contributed by atoms with E-state index in [9.17, 15) is 14.4 Å². The number of amides is 1. The number of hydrogen-bond donors (Lipinski definition) is 2. The largest absolute Gasteiger partial charge is 0.496 e. The number of ether oxygens (including phenoxy) is 2. The van der Waals surface area contributed by atoms with Crippen molar-refractivity contribution < 1.29 is 29.0 Å². The number of hydrogen-bond acceptors (Lipinski definition) is 5. The molecule has 0 aromatic heterocycles. The molecule has 0 saturated heterocycles. The third-order valence-corrected chi connectivity index (χ3v) is 2.82. The van der Waals surface area contributed by atoms with E-state index in [1.54, 1.807) is 18.2 Å². The van der Waals surface area contributed by atoms with Gasteiger partial charge in [-0.1, -0.05) is 12.1 Å². The number of benzene rings is 1. The minimum Gasteiger partial charge on any atom is -0.496 e. The lowest BCUT2D eigenvalue weighted by Gasteiger charge is -2.15. The number of carbonyl (C=O) groups excluding carboxylic acids is 2. The Kier molecular flexibility index (Phi) is 6.19. The third kappa shape index (κ3) is 4.79. The zero-order valence-electron chi connectivity index (χ0n) is 11.8. The summed E-state index contributed by atoms with van der Waals surface area (Å²) in [6.07, 6.45) is -0.150. The summed E-state index contributed by atoms with van der Waals surface area (Å²) < 4.78 is 9.48. The fourth-order valence-electron chi connectivity index (χ4n) is 1.69. The normalized spacial score (nSPS) is 11.3. The summed E-state index contributed by atoms with van der Waals surface area (Å²) >= 11 is 0. The monoisotopic (exact) mass is 295 g/mol. The van der Waals surface area contributed by atoms with Gasteiger partial charge in [0.25, 0.3) is 5.91 Å².